The van der Waals surface area contributed by atoms with Gasteiger partial charge < -0.3 is 10.6 Å². The summed E-state index contributed by atoms with van der Waals surface area (Å²) >= 11 is 0. The molecule has 4 amide bonds. The Balaban J connectivity index is 1.67. The average molecular weight is 426 g/mol. The molecule has 0 aliphatic carbocycles. The molecule has 0 saturated carbocycles. The molecular formula is C23H31N5O3. The van der Waals surface area contributed by atoms with Crippen LogP contribution >= 0.6 is 0 Å². The zero-order chi connectivity index (χ0) is 22.6. The van der Waals surface area contributed by atoms with E-state index in [9.17, 15) is 14.4 Å². The molecule has 8 heteroatoms. The standard InChI is InChI=1S/C23H31N5O3/c1-5-12-23(13-6-2)21(30)27(22(31)25-23)15-20(29)24-14-19-16(3)26-28(17(19)4)18-10-8-7-9-11-18/h7-11H,5-6,12-15H2,1-4H3,(H,24,29)(H,25,31). The molecule has 1 aromatic heterocycles. The SMILES string of the molecule is CCCC1(CCC)NC(=O)N(CC(=O)NCc2c(C)nn(-c3ccccc3)c2C)C1=O. The van der Waals surface area contributed by atoms with Crippen LogP contribution in [-0.4, -0.2) is 44.6 Å². The number of carbonyl (C=O) groups excluding carboxylic acids is 3. The minimum absolute atomic E-state index is 0.280. The van der Waals surface area contributed by atoms with Crippen LogP contribution in [0.1, 0.15) is 56.5 Å². The van der Waals surface area contributed by atoms with Crippen LogP contribution in [0, 0.1) is 13.8 Å². The molecule has 1 aromatic carbocycles. The van der Waals surface area contributed by atoms with Gasteiger partial charge in [-0.05, 0) is 38.8 Å². The fraction of sp³-hybridized carbons (Fsp3) is 0.478. The molecule has 2 aromatic rings. The van der Waals surface area contributed by atoms with Crippen molar-refractivity contribution in [3.63, 3.8) is 0 Å². The number of amides is 4. The fourth-order valence-electron chi connectivity index (χ4n) is 4.28. The lowest BCUT2D eigenvalue weighted by Crippen LogP contribution is -2.47. The van der Waals surface area contributed by atoms with Gasteiger partial charge in [-0.1, -0.05) is 44.9 Å². The molecule has 2 N–H and O–H groups in total. The van der Waals surface area contributed by atoms with Gasteiger partial charge in [0.2, 0.25) is 5.91 Å². The normalized spacial score (nSPS) is 15.3. The van der Waals surface area contributed by atoms with Crippen LogP contribution in [0.25, 0.3) is 5.69 Å². The van der Waals surface area contributed by atoms with E-state index < -0.39 is 11.6 Å². The summed E-state index contributed by atoms with van der Waals surface area (Å²) in [5, 5.41) is 10.3. The number of hydrogen-bond donors (Lipinski definition) is 2. The van der Waals surface area contributed by atoms with Crippen LogP contribution in [0.5, 0.6) is 0 Å². The summed E-state index contributed by atoms with van der Waals surface area (Å²) in [5.41, 5.74) is 2.74. The number of imide groups is 1. The van der Waals surface area contributed by atoms with Crippen molar-refractivity contribution in [3.8, 4) is 5.69 Å². The van der Waals surface area contributed by atoms with E-state index in [0.717, 1.165) is 40.4 Å². The fourth-order valence-corrected chi connectivity index (χ4v) is 4.28. The van der Waals surface area contributed by atoms with Crippen molar-refractivity contribution < 1.29 is 14.4 Å². The molecule has 8 nitrogen and oxygen atoms in total. The summed E-state index contributed by atoms with van der Waals surface area (Å²) in [4.78, 5) is 39.0. The van der Waals surface area contributed by atoms with Gasteiger partial charge in [-0.2, -0.15) is 5.10 Å². The second-order valence-electron chi connectivity index (χ2n) is 8.08. The Labute approximate surface area is 183 Å². The van der Waals surface area contributed by atoms with Gasteiger partial charge in [0.05, 0.1) is 11.4 Å². The van der Waals surface area contributed by atoms with Gasteiger partial charge >= 0.3 is 6.03 Å². The van der Waals surface area contributed by atoms with Gasteiger partial charge in [0.1, 0.15) is 12.1 Å². The highest BCUT2D eigenvalue weighted by Crippen LogP contribution is 2.28. The number of urea groups is 1. The highest BCUT2D eigenvalue weighted by molar-refractivity contribution is 6.09. The van der Waals surface area contributed by atoms with Crippen LogP contribution in [-0.2, 0) is 16.1 Å². The number of benzene rings is 1. The monoisotopic (exact) mass is 425 g/mol. The lowest BCUT2D eigenvalue weighted by molar-refractivity contribution is -0.135. The van der Waals surface area contributed by atoms with Crippen molar-refractivity contribution in [3.05, 3.63) is 47.3 Å². The van der Waals surface area contributed by atoms with E-state index >= 15 is 0 Å². The first-order chi connectivity index (χ1) is 14.8. The lowest BCUT2D eigenvalue weighted by atomic mass is 9.88. The summed E-state index contributed by atoms with van der Waals surface area (Å²) in [6, 6.07) is 9.29. The maximum absolute atomic E-state index is 12.9. The van der Waals surface area contributed by atoms with Crippen molar-refractivity contribution >= 4 is 17.8 Å². The molecule has 166 valence electrons. The Morgan fingerprint density at radius 1 is 1.10 bits per heavy atom. The molecule has 31 heavy (non-hydrogen) atoms. The maximum Gasteiger partial charge on any atom is 0.325 e. The Hall–Kier alpha value is -3.16. The van der Waals surface area contributed by atoms with Crippen molar-refractivity contribution in [1.82, 2.24) is 25.3 Å². The number of aromatic nitrogens is 2. The van der Waals surface area contributed by atoms with E-state index in [1.54, 1.807) is 0 Å². The summed E-state index contributed by atoms with van der Waals surface area (Å²) in [6.45, 7) is 7.80. The zero-order valence-electron chi connectivity index (χ0n) is 18.7. The van der Waals surface area contributed by atoms with Crippen molar-refractivity contribution in [1.29, 1.82) is 0 Å². The topological polar surface area (TPSA) is 96.3 Å². The number of carbonyl (C=O) groups is 3. The Morgan fingerprint density at radius 3 is 2.35 bits per heavy atom. The molecular weight excluding hydrogens is 394 g/mol. The molecule has 0 radical (unpaired) electrons. The highest BCUT2D eigenvalue weighted by atomic mass is 16.2. The average Bonchev–Trinajstić information content (AvgIpc) is 3.15. The first-order valence-corrected chi connectivity index (χ1v) is 10.8. The summed E-state index contributed by atoms with van der Waals surface area (Å²) < 4.78 is 1.85. The van der Waals surface area contributed by atoms with Gasteiger partial charge in [0.15, 0.2) is 0 Å². The molecule has 0 unspecified atom stereocenters. The van der Waals surface area contributed by atoms with Crippen LogP contribution in [0.15, 0.2) is 30.3 Å². The largest absolute Gasteiger partial charge is 0.350 e. The van der Waals surface area contributed by atoms with Crippen LogP contribution in [0.2, 0.25) is 0 Å². The Morgan fingerprint density at radius 2 is 1.74 bits per heavy atom. The van der Waals surface area contributed by atoms with Gasteiger partial charge in [-0.3, -0.25) is 14.5 Å². The highest BCUT2D eigenvalue weighted by Gasteiger charge is 2.50. The first kappa shape index (κ1) is 22.5. The second kappa shape index (κ2) is 9.32. The van der Waals surface area contributed by atoms with Gasteiger partial charge in [-0.15, -0.1) is 0 Å². The predicted molar refractivity (Wildman–Crippen MR) is 118 cm³/mol. The Kier molecular flexibility index (Phi) is 6.77. The quantitative estimate of drug-likeness (QED) is 0.604. The lowest BCUT2D eigenvalue weighted by Gasteiger charge is -2.25. The number of nitrogens with zero attached hydrogens (tertiary/aromatic N) is 3. The summed E-state index contributed by atoms with van der Waals surface area (Å²) in [6.07, 6.45) is 2.69. The first-order valence-electron chi connectivity index (χ1n) is 10.8. The minimum atomic E-state index is -0.884. The molecule has 0 atom stereocenters. The number of para-hydroxylation sites is 1. The number of rotatable bonds is 9. The van der Waals surface area contributed by atoms with Crippen LogP contribution in [0.4, 0.5) is 4.79 Å². The predicted octanol–water partition coefficient (Wildman–Crippen LogP) is 3.00. The van der Waals surface area contributed by atoms with E-state index in [2.05, 4.69) is 15.7 Å². The second-order valence-corrected chi connectivity index (χ2v) is 8.08. The van der Waals surface area contributed by atoms with Crippen LogP contribution < -0.4 is 10.6 Å². The van der Waals surface area contributed by atoms with Crippen molar-refractivity contribution in [2.75, 3.05) is 6.54 Å². The van der Waals surface area contributed by atoms with Gasteiger partial charge in [0.25, 0.3) is 5.91 Å². The smallest absolute Gasteiger partial charge is 0.325 e. The van der Waals surface area contributed by atoms with E-state index in [-0.39, 0.29) is 24.9 Å². The third-order valence-electron chi connectivity index (χ3n) is 5.81. The molecule has 1 saturated heterocycles. The van der Waals surface area contributed by atoms with Gasteiger partial charge in [0, 0.05) is 17.8 Å². The van der Waals surface area contributed by atoms with Crippen LogP contribution in [0.3, 0.4) is 0 Å². The van der Waals surface area contributed by atoms with Crippen molar-refractivity contribution in [2.45, 2.75) is 65.5 Å². The maximum atomic E-state index is 12.9. The van der Waals surface area contributed by atoms with E-state index in [4.69, 9.17) is 0 Å². The summed E-state index contributed by atoms with van der Waals surface area (Å²) in [5.74, 6) is -0.681. The van der Waals surface area contributed by atoms with Crippen molar-refractivity contribution in [2.24, 2.45) is 0 Å². The number of hydrogen-bond acceptors (Lipinski definition) is 4. The third kappa shape index (κ3) is 4.47. The molecule has 3 rings (SSSR count). The molecule has 1 aliphatic heterocycles. The van der Waals surface area contributed by atoms with E-state index in [1.807, 2.05) is 62.7 Å². The third-order valence-corrected chi connectivity index (χ3v) is 5.81. The van der Waals surface area contributed by atoms with E-state index in [1.165, 1.54) is 0 Å². The zero-order valence-corrected chi connectivity index (χ0v) is 18.7. The Bertz CT molecular complexity index is 961. The molecule has 1 fully saturated rings. The number of nitrogens with one attached hydrogen (secondary N) is 2. The molecule has 1 aliphatic rings. The molecule has 0 bridgehead atoms. The summed E-state index contributed by atoms with van der Waals surface area (Å²) in [7, 11) is 0. The van der Waals surface area contributed by atoms with E-state index in [0.29, 0.717) is 12.8 Å². The molecule has 0 spiro atoms. The minimum Gasteiger partial charge on any atom is -0.350 e. The van der Waals surface area contributed by atoms with Gasteiger partial charge in [-0.25, -0.2) is 9.48 Å². The number of aryl methyl sites for hydroxylation is 1. The molecule has 2 heterocycles.